The number of phenols is 1. The maximum Gasteiger partial charge on any atom is 0.326 e. The zero-order valence-corrected chi connectivity index (χ0v) is 22.8. The lowest BCUT2D eigenvalue weighted by Crippen LogP contribution is -2.58. The van der Waals surface area contributed by atoms with Gasteiger partial charge in [-0.1, -0.05) is 30.3 Å². The molecule has 4 atom stereocenters. The molecule has 4 amide bonds. The lowest BCUT2D eigenvalue weighted by atomic mass is 10.0. The summed E-state index contributed by atoms with van der Waals surface area (Å²) in [7, 11) is 0. The number of rotatable bonds is 14. The van der Waals surface area contributed by atoms with E-state index in [0.717, 1.165) is 16.5 Å². The molecule has 14 heteroatoms. The number of carbonyl (C=O) groups excluding carboxylic acids is 4. The molecule has 0 aliphatic heterocycles. The molecule has 3 rings (SSSR count). The Balaban J connectivity index is 1.64. The SMILES string of the molecule is NC(=O)CC(NC(=O)C(N)Cc1c[nH]c2ccccc12)C(=O)NC(CS)C(=O)NC(Cc1ccc(O)cc1)C(=O)O. The van der Waals surface area contributed by atoms with Crippen molar-refractivity contribution in [1.82, 2.24) is 20.9 Å². The smallest absolute Gasteiger partial charge is 0.326 e. The second kappa shape index (κ2) is 14.2. The topological polar surface area (TPSA) is 230 Å². The number of phenolic OH excluding ortho intramolecular Hbond substituents is 1. The Labute approximate surface area is 240 Å². The summed E-state index contributed by atoms with van der Waals surface area (Å²) in [5.41, 5.74) is 13.6. The van der Waals surface area contributed by atoms with Crippen LogP contribution >= 0.6 is 12.6 Å². The number of aliphatic carboxylic acids is 1. The Hall–Kier alpha value is -4.56. The van der Waals surface area contributed by atoms with Crippen molar-refractivity contribution in [2.45, 2.75) is 43.4 Å². The van der Waals surface area contributed by atoms with E-state index in [0.29, 0.717) is 5.56 Å². The molecule has 0 radical (unpaired) electrons. The molecule has 3 aromatic rings. The number of primary amides is 1. The summed E-state index contributed by atoms with van der Waals surface area (Å²) in [6, 6.07) is 8.05. The first-order valence-corrected chi connectivity index (χ1v) is 13.2. The fourth-order valence-electron chi connectivity index (χ4n) is 4.13. The predicted octanol–water partition coefficient (Wildman–Crippen LogP) is -0.670. The third-order valence-electron chi connectivity index (χ3n) is 6.30. The van der Waals surface area contributed by atoms with Gasteiger partial charge in [0, 0.05) is 29.3 Å². The zero-order chi connectivity index (χ0) is 30.1. The van der Waals surface area contributed by atoms with Gasteiger partial charge in [-0.05, 0) is 35.7 Å². The molecule has 13 nitrogen and oxygen atoms in total. The summed E-state index contributed by atoms with van der Waals surface area (Å²) in [6.07, 6.45) is 1.20. The number of hydrogen-bond acceptors (Lipinski definition) is 8. The van der Waals surface area contributed by atoms with Gasteiger partial charge in [-0.15, -0.1) is 0 Å². The number of H-pyrrole nitrogens is 1. The van der Waals surface area contributed by atoms with Crippen molar-refractivity contribution < 1.29 is 34.2 Å². The normalized spacial score (nSPS) is 13.9. The van der Waals surface area contributed by atoms with Crippen molar-refractivity contribution in [3.8, 4) is 5.75 Å². The number of aromatic hydroxyl groups is 1. The number of amides is 4. The van der Waals surface area contributed by atoms with E-state index >= 15 is 0 Å². The van der Waals surface area contributed by atoms with E-state index in [4.69, 9.17) is 11.5 Å². The van der Waals surface area contributed by atoms with Crippen LogP contribution in [0.15, 0.2) is 54.7 Å². The number of nitrogens with one attached hydrogen (secondary N) is 4. The number of nitrogens with two attached hydrogens (primary N) is 2. The fraction of sp³-hybridized carbons (Fsp3) is 0.296. The molecular formula is C27H32N6O7S. The van der Waals surface area contributed by atoms with E-state index in [9.17, 15) is 34.2 Å². The van der Waals surface area contributed by atoms with Crippen LogP contribution < -0.4 is 27.4 Å². The first-order chi connectivity index (χ1) is 19.5. The van der Waals surface area contributed by atoms with Gasteiger partial charge in [0.05, 0.1) is 12.5 Å². The van der Waals surface area contributed by atoms with Gasteiger partial charge in [0.1, 0.15) is 23.9 Å². The standard InChI is InChI=1S/C27H32N6O7S/c28-18(10-15-12-30-19-4-2-1-3-17(15)19)24(36)31-20(11-23(29)35)25(37)33-22(13-41)26(38)32-21(27(39)40)9-14-5-7-16(34)8-6-14/h1-8,12,18,20-22,30,34,41H,9-11,13,28H2,(H2,29,35)(H,31,36)(H,32,38)(H,33,37)(H,39,40). The van der Waals surface area contributed by atoms with Gasteiger partial charge < -0.3 is 42.6 Å². The summed E-state index contributed by atoms with van der Waals surface area (Å²) in [5.74, 6) is -4.90. The fourth-order valence-corrected chi connectivity index (χ4v) is 4.38. The molecule has 2 aromatic carbocycles. The molecule has 4 unspecified atom stereocenters. The molecule has 41 heavy (non-hydrogen) atoms. The minimum absolute atomic E-state index is 0.000891. The molecule has 0 aliphatic rings. The van der Waals surface area contributed by atoms with Crippen LogP contribution in [0, 0.1) is 0 Å². The van der Waals surface area contributed by atoms with Gasteiger partial charge in [-0.25, -0.2) is 4.79 Å². The van der Waals surface area contributed by atoms with Crippen LogP contribution in [-0.4, -0.2) is 74.7 Å². The van der Waals surface area contributed by atoms with Gasteiger partial charge in [-0.3, -0.25) is 19.2 Å². The summed E-state index contributed by atoms with van der Waals surface area (Å²) >= 11 is 4.08. The highest BCUT2D eigenvalue weighted by Crippen LogP contribution is 2.19. The van der Waals surface area contributed by atoms with Crippen molar-refractivity contribution in [1.29, 1.82) is 0 Å². The molecule has 0 saturated heterocycles. The molecule has 218 valence electrons. The van der Waals surface area contributed by atoms with E-state index in [-0.39, 0.29) is 24.3 Å². The van der Waals surface area contributed by atoms with E-state index in [1.165, 1.54) is 24.3 Å². The van der Waals surface area contributed by atoms with E-state index in [2.05, 4.69) is 33.6 Å². The monoisotopic (exact) mass is 584 g/mol. The van der Waals surface area contributed by atoms with Gasteiger partial charge in [0.25, 0.3) is 0 Å². The number of carboxylic acids is 1. The van der Waals surface area contributed by atoms with Crippen molar-refractivity contribution in [2.24, 2.45) is 11.5 Å². The largest absolute Gasteiger partial charge is 0.508 e. The van der Waals surface area contributed by atoms with Crippen LogP contribution in [0.2, 0.25) is 0 Å². The third kappa shape index (κ3) is 8.71. The van der Waals surface area contributed by atoms with Crippen molar-refractivity contribution in [3.63, 3.8) is 0 Å². The van der Waals surface area contributed by atoms with Crippen molar-refractivity contribution >= 4 is 53.1 Å². The summed E-state index contributed by atoms with van der Waals surface area (Å²) in [4.78, 5) is 65.2. The number of benzene rings is 2. The number of para-hydroxylation sites is 1. The highest BCUT2D eigenvalue weighted by molar-refractivity contribution is 7.80. The molecule has 0 spiro atoms. The number of thiol groups is 1. The second-order valence-corrected chi connectivity index (χ2v) is 9.78. The average molecular weight is 585 g/mol. The van der Waals surface area contributed by atoms with Crippen molar-refractivity contribution in [2.75, 3.05) is 5.75 Å². The number of aromatic nitrogens is 1. The summed E-state index contributed by atoms with van der Waals surface area (Å²) < 4.78 is 0. The van der Waals surface area contributed by atoms with E-state index in [1.807, 2.05) is 24.3 Å². The van der Waals surface area contributed by atoms with Gasteiger partial charge in [-0.2, -0.15) is 12.6 Å². The zero-order valence-electron chi connectivity index (χ0n) is 21.9. The Morgan fingerprint density at radius 1 is 0.854 bits per heavy atom. The molecule has 10 N–H and O–H groups in total. The lowest BCUT2D eigenvalue weighted by molar-refractivity contribution is -0.142. The quantitative estimate of drug-likeness (QED) is 0.110. The lowest BCUT2D eigenvalue weighted by Gasteiger charge is -2.24. The second-order valence-electron chi connectivity index (χ2n) is 9.42. The van der Waals surface area contributed by atoms with Crippen LogP contribution in [0.4, 0.5) is 0 Å². The van der Waals surface area contributed by atoms with Gasteiger partial charge >= 0.3 is 5.97 Å². The first-order valence-electron chi connectivity index (χ1n) is 12.6. The maximum atomic E-state index is 13.0. The number of hydrogen-bond donors (Lipinski definition) is 9. The molecular weight excluding hydrogens is 552 g/mol. The molecule has 1 aromatic heterocycles. The Kier molecular flexibility index (Phi) is 10.7. The van der Waals surface area contributed by atoms with E-state index in [1.54, 1.807) is 6.20 Å². The Morgan fingerprint density at radius 3 is 2.10 bits per heavy atom. The highest BCUT2D eigenvalue weighted by Gasteiger charge is 2.31. The van der Waals surface area contributed by atoms with Crippen LogP contribution in [0.1, 0.15) is 17.5 Å². The van der Waals surface area contributed by atoms with Crippen LogP contribution in [0.5, 0.6) is 5.75 Å². The number of carboxylic acid groups (broad SMARTS) is 1. The maximum absolute atomic E-state index is 13.0. The Bertz CT molecular complexity index is 1410. The minimum atomic E-state index is -1.45. The van der Waals surface area contributed by atoms with E-state index < -0.39 is 60.2 Å². The molecule has 0 saturated carbocycles. The first kappa shape index (κ1) is 31.0. The summed E-state index contributed by atoms with van der Waals surface area (Å²) in [6.45, 7) is 0. The average Bonchev–Trinajstić information content (AvgIpc) is 3.34. The number of carbonyl (C=O) groups is 5. The van der Waals surface area contributed by atoms with Crippen LogP contribution in [0.25, 0.3) is 10.9 Å². The number of aromatic amines is 1. The van der Waals surface area contributed by atoms with Crippen LogP contribution in [-0.2, 0) is 36.8 Å². The molecule has 0 bridgehead atoms. The molecule has 0 aliphatic carbocycles. The van der Waals surface area contributed by atoms with Gasteiger partial charge in [0.15, 0.2) is 0 Å². The summed E-state index contributed by atoms with van der Waals surface area (Å²) in [5, 5.41) is 27.0. The van der Waals surface area contributed by atoms with Crippen molar-refractivity contribution in [3.05, 3.63) is 65.9 Å². The predicted molar refractivity (Wildman–Crippen MR) is 153 cm³/mol. The third-order valence-corrected chi connectivity index (χ3v) is 6.66. The minimum Gasteiger partial charge on any atom is -0.508 e. The Morgan fingerprint density at radius 2 is 1.46 bits per heavy atom. The van der Waals surface area contributed by atoms with Gasteiger partial charge in [0.2, 0.25) is 23.6 Å². The molecule has 1 heterocycles. The number of fused-ring (bicyclic) bond motifs is 1. The molecule has 0 fully saturated rings. The highest BCUT2D eigenvalue weighted by atomic mass is 32.1. The van der Waals surface area contributed by atoms with Crippen LogP contribution in [0.3, 0.4) is 0 Å².